The van der Waals surface area contributed by atoms with Crippen LogP contribution in [0.4, 0.5) is 0 Å². The van der Waals surface area contributed by atoms with E-state index in [1.54, 1.807) is 18.0 Å². The van der Waals surface area contributed by atoms with Gasteiger partial charge in [-0.25, -0.2) is 4.98 Å². The number of nitrogens with zero attached hydrogens (tertiary/aromatic N) is 1. The monoisotopic (exact) mass is 317 g/mol. The van der Waals surface area contributed by atoms with Crippen molar-refractivity contribution in [1.82, 2.24) is 4.98 Å². The van der Waals surface area contributed by atoms with Crippen molar-refractivity contribution in [3.63, 3.8) is 0 Å². The maximum absolute atomic E-state index is 5.62. The Balaban J connectivity index is 1.53. The first-order chi connectivity index (χ1) is 11.4. The average Bonchev–Trinajstić information content (AvgIpc) is 2.62. The Hall–Kier alpha value is -2.70. The van der Waals surface area contributed by atoms with Crippen molar-refractivity contribution >= 4 is 11.8 Å². The van der Waals surface area contributed by atoms with Gasteiger partial charge in [-0.15, -0.1) is 0 Å². The van der Waals surface area contributed by atoms with E-state index < -0.39 is 0 Å². The Morgan fingerprint density at radius 3 is 2.30 bits per heavy atom. The molecule has 3 rings (SSSR count). The van der Waals surface area contributed by atoms with E-state index in [1.165, 1.54) is 9.79 Å². The molecule has 0 bridgehead atoms. The molecule has 1 heterocycles. The second-order valence-electron chi connectivity index (χ2n) is 4.69. The summed E-state index contributed by atoms with van der Waals surface area (Å²) in [6.07, 6.45) is 1.73. The molecule has 0 spiro atoms. The Bertz CT molecular complexity index is 790. The fraction of sp³-hybridized carbons (Fsp3) is 0.0500. The van der Waals surface area contributed by atoms with Crippen LogP contribution in [0.1, 0.15) is 5.69 Å². The molecule has 0 unspecified atom stereocenters. The third-order valence-electron chi connectivity index (χ3n) is 2.99. The van der Waals surface area contributed by atoms with Crippen molar-refractivity contribution in [1.29, 1.82) is 0 Å². The molecule has 23 heavy (non-hydrogen) atoms. The Morgan fingerprint density at radius 1 is 0.826 bits per heavy atom. The number of hydrogen-bond donors (Lipinski definition) is 0. The first kappa shape index (κ1) is 15.2. The first-order valence-corrected chi connectivity index (χ1v) is 8.07. The SMILES string of the molecule is C(#Cc1ccccn1)COc1ccc(Sc2ccccc2)cc1. The number of ether oxygens (including phenoxy) is 1. The van der Waals surface area contributed by atoms with Crippen LogP contribution in [0.2, 0.25) is 0 Å². The summed E-state index contributed by atoms with van der Waals surface area (Å²) < 4.78 is 5.62. The van der Waals surface area contributed by atoms with Crippen molar-refractivity contribution in [3.05, 3.63) is 84.7 Å². The number of hydrogen-bond acceptors (Lipinski definition) is 3. The van der Waals surface area contributed by atoms with Crippen LogP contribution in [-0.4, -0.2) is 11.6 Å². The minimum absolute atomic E-state index is 0.349. The van der Waals surface area contributed by atoms with Crippen LogP contribution in [0.25, 0.3) is 0 Å². The van der Waals surface area contributed by atoms with Gasteiger partial charge in [0.05, 0.1) is 0 Å². The highest BCUT2D eigenvalue weighted by atomic mass is 32.2. The van der Waals surface area contributed by atoms with E-state index in [4.69, 9.17) is 4.74 Å². The van der Waals surface area contributed by atoms with Crippen molar-refractivity contribution in [2.45, 2.75) is 9.79 Å². The maximum atomic E-state index is 5.62. The highest BCUT2D eigenvalue weighted by Gasteiger charge is 1.97. The van der Waals surface area contributed by atoms with Crippen LogP contribution < -0.4 is 4.74 Å². The van der Waals surface area contributed by atoms with Crippen molar-refractivity contribution in [2.75, 3.05) is 6.61 Å². The van der Waals surface area contributed by atoms with Gasteiger partial charge in [-0.3, -0.25) is 0 Å². The van der Waals surface area contributed by atoms with E-state index in [-0.39, 0.29) is 0 Å². The molecule has 2 aromatic carbocycles. The smallest absolute Gasteiger partial charge is 0.149 e. The van der Waals surface area contributed by atoms with Crippen LogP contribution in [0.3, 0.4) is 0 Å². The Kier molecular flexibility index (Phi) is 5.34. The molecule has 0 N–H and O–H groups in total. The van der Waals surface area contributed by atoms with Crippen LogP contribution in [0.15, 0.2) is 88.8 Å². The molecule has 0 saturated carbocycles. The van der Waals surface area contributed by atoms with Gasteiger partial charge in [0.25, 0.3) is 0 Å². The summed E-state index contributed by atoms with van der Waals surface area (Å²) in [5, 5.41) is 0. The van der Waals surface area contributed by atoms with E-state index in [9.17, 15) is 0 Å². The molecule has 0 amide bonds. The van der Waals surface area contributed by atoms with E-state index in [0.717, 1.165) is 11.4 Å². The predicted molar refractivity (Wildman–Crippen MR) is 93.6 cm³/mol. The average molecular weight is 317 g/mol. The van der Waals surface area contributed by atoms with Crippen LogP contribution >= 0.6 is 11.8 Å². The Labute approximate surface area is 140 Å². The third-order valence-corrected chi connectivity index (χ3v) is 4.01. The molecular formula is C20H15NOS. The predicted octanol–water partition coefficient (Wildman–Crippen LogP) is 4.66. The zero-order valence-corrected chi connectivity index (χ0v) is 13.3. The lowest BCUT2D eigenvalue weighted by molar-refractivity contribution is 0.370. The fourth-order valence-electron chi connectivity index (χ4n) is 1.91. The topological polar surface area (TPSA) is 22.1 Å². The summed E-state index contributed by atoms with van der Waals surface area (Å²) >= 11 is 1.73. The van der Waals surface area contributed by atoms with Crippen molar-refractivity contribution in [3.8, 4) is 17.6 Å². The van der Waals surface area contributed by atoms with Gasteiger partial charge in [0.15, 0.2) is 0 Å². The van der Waals surface area contributed by atoms with Gasteiger partial charge in [0.2, 0.25) is 0 Å². The molecule has 3 heteroatoms. The first-order valence-electron chi connectivity index (χ1n) is 7.26. The second-order valence-corrected chi connectivity index (χ2v) is 5.84. The van der Waals surface area contributed by atoms with Gasteiger partial charge in [0, 0.05) is 16.0 Å². The molecular weight excluding hydrogens is 302 g/mol. The highest BCUT2D eigenvalue weighted by Crippen LogP contribution is 2.28. The molecule has 2 nitrogen and oxygen atoms in total. The van der Waals surface area contributed by atoms with E-state index in [1.807, 2.05) is 48.5 Å². The van der Waals surface area contributed by atoms with E-state index in [2.05, 4.69) is 41.1 Å². The molecule has 1 aromatic heterocycles. The molecule has 112 valence electrons. The summed E-state index contributed by atoms with van der Waals surface area (Å²) in [6.45, 7) is 0.349. The molecule has 0 aliphatic rings. The zero-order valence-electron chi connectivity index (χ0n) is 12.5. The Morgan fingerprint density at radius 2 is 1.57 bits per heavy atom. The highest BCUT2D eigenvalue weighted by molar-refractivity contribution is 7.99. The van der Waals surface area contributed by atoms with E-state index >= 15 is 0 Å². The van der Waals surface area contributed by atoms with Crippen LogP contribution in [0, 0.1) is 11.8 Å². The summed E-state index contributed by atoms with van der Waals surface area (Å²) in [7, 11) is 0. The van der Waals surface area contributed by atoms with Gasteiger partial charge < -0.3 is 4.74 Å². The summed E-state index contributed by atoms with van der Waals surface area (Å²) in [6, 6.07) is 24.0. The minimum atomic E-state index is 0.349. The zero-order chi connectivity index (χ0) is 15.7. The minimum Gasteiger partial charge on any atom is -0.481 e. The van der Waals surface area contributed by atoms with Gasteiger partial charge in [-0.1, -0.05) is 41.9 Å². The lowest BCUT2D eigenvalue weighted by atomic mass is 10.3. The van der Waals surface area contributed by atoms with Gasteiger partial charge in [0.1, 0.15) is 18.1 Å². The fourth-order valence-corrected chi connectivity index (χ4v) is 2.75. The molecule has 0 fully saturated rings. The van der Waals surface area contributed by atoms with Crippen LogP contribution in [-0.2, 0) is 0 Å². The summed E-state index contributed by atoms with van der Waals surface area (Å²) in [4.78, 5) is 6.55. The van der Waals surface area contributed by atoms with Crippen molar-refractivity contribution < 1.29 is 4.74 Å². The lowest BCUT2D eigenvalue weighted by Crippen LogP contribution is -1.93. The number of pyridine rings is 1. The lowest BCUT2D eigenvalue weighted by Gasteiger charge is -2.04. The molecule has 3 aromatic rings. The largest absolute Gasteiger partial charge is 0.481 e. The molecule has 0 atom stereocenters. The molecule has 0 saturated heterocycles. The molecule has 0 radical (unpaired) electrons. The summed E-state index contributed by atoms with van der Waals surface area (Å²) in [5.74, 6) is 6.75. The van der Waals surface area contributed by atoms with Gasteiger partial charge in [-0.2, -0.15) is 0 Å². The maximum Gasteiger partial charge on any atom is 0.149 e. The number of rotatable bonds is 4. The molecule has 0 aliphatic heterocycles. The second kappa shape index (κ2) is 8.07. The summed E-state index contributed by atoms with van der Waals surface area (Å²) in [5.41, 5.74) is 0.755. The standard InChI is InChI=1S/C20H15NOS/c1-2-9-19(10-3-1)23-20-13-11-18(12-14-20)22-16-6-8-17-7-4-5-15-21-17/h1-5,7,9-15H,16H2. The quantitative estimate of drug-likeness (QED) is 0.653. The van der Waals surface area contributed by atoms with Crippen molar-refractivity contribution in [2.24, 2.45) is 0 Å². The van der Waals surface area contributed by atoms with Gasteiger partial charge >= 0.3 is 0 Å². The van der Waals surface area contributed by atoms with Gasteiger partial charge in [-0.05, 0) is 54.5 Å². The third kappa shape index (κ3) is 4.91. The molecule has 0 aliphatic carbocycles. The normalized spacial score (nSPS) is 9.74. The number of aromatic nitrogens is 1. The number of benzene rings is 2. The van der Waals surface area contributed by atoms with E-state index in [0.29, 0.717) is 6.61 Å². The van der Waals surface area contributed by atoms with Crippen LogP contribution in [0.5, 0.6) is 5.75 Å².